The molecule has 1 aliphatic rings. The van der Waals surface area contributed by atoms with Crippen molar-refractivity contribution in [2.45, 2.75) is 19.3 Å². The summed E-state index contributed by atoms with van der Waals surface area (Å²) >= 11 is 0. The minimum Gasteiger partial charge on any atom is -0.359 e. The number of amides is 2. The second-order valence-electron chi connectivity index (χ2n) is 5.54. The third-order valence-corrected chi connectivity index (χ3v) is 3.99. The van der Waals surface area contributed by atoms with Gasteiger partial charge in [0.2, 0.25) is 11.8 Å². The van der Waals surface area contributed by atoms with E-state index in [2.05, 4.69) is 15.5 Å². The summed E-state index contributed by atoms with van der Waals surface area (Å²) in [6, 6.07) is 5.72. The summed E-state index contributed by atoms with van der Waals surface area (Å²) in [7, 11) is 1.66. The monoisotopic (exact) mass is 307 g/mol. The number of carbonyl (C=O) groups excluding carboxylic acids is 2. The number of hydrogen-bond acceptors (Lipinski definition) is 3. The lowest BCUT2D eigenvalue weighted by Gasteiger charge is -2.30. The van der Waals surface area contributed by atoms with Gasteiger partial charge in [-0.3, -0.25) is 9.59 Å². The highest BCUT2D eigenvalue weighted by atomic mass is 19.1. The number of likely N-dealkylation sites (tertiary alicyclic amines) is 1. The number of rotatable bonds is 5. The molecule has 22 heavy (non-hydrogen) atoms. The van der Waals surface area contributed by atoms with Crippen molar-refractivity contribution in [2.24, 2.45) is 5.92 Å². The molecule has 0 atom stereocenters. The third kappa shape index (κ3) is 4.80. The maximum Gasteiger partial charge on any atom is 0.225 e. The molecule has 0 saturated carbocycles. The second-order valence-corrected chi connectivity index (χ2v) is 5.54. The van der Waals surface area contributed by atoms with E-state index in [4.69, 9.17) is 0 Å². The molecule has 0 spiro atoms. The van der Waals surface area contributed by atoms with Crippen LogP contribution in [0.5, 0.6) is 0 Å². The SMILES string of the molecule is CNC(=O)C1CCN(CCC(=O)Nc2ccc(F)cc2)CC1. The molecular weight excluding hydrogens is 285 g/mol. The van der Waals surface area contributed by atoms with E-state index >= 15 is 0 Å². The quantitative estimate of drug-likeness (QED) is 0.869. The molecule has 0 unspecified atom stereocenters. The van der Waals surface area contributed by atoms with Crippen LogP contribution >= 0.6 is 0 Å². The molecule has 2 N–H and O–H groups in total. The summed E-state index contributed by atoms with van der Waals surface area (Å²) in [6.45, 7) is 2.34. The van der Waals surface area contributed by atoms with Crippen molar-refractivity contribution in [3.05, 3.63) is 30.1 Å². The Kier molecular flexibility index (Phi) is 5.89. The van der Waals surface area contributed by atoms with Gasteiger partial charge in [0.25, 0.3) is 0 Å². The average Bonchev–Trinajstić information content (AvgIpc) is 2.55. The summed E-state index contributed by atoms with van der Waals surface area (Å²) in [4.78, 5) is 25.6. The Balaban J connectivity index is 1.69. The van der Waals surface area contributed by atoms with Crippen molar-refractivity contribution in [2.75, 3.05) is 32.0 Å². The lowest BCUT2D eigenvalue weighted by molar-refractivity contribution is -0.126. The van der Waals surface area contributed by atoms with Gasteiger partial charge < -0.3 is 15.5 Å². The summed E-state index contributed by atoms with van der Waals surface area (Å²) in [5.41, 5.74) is 0.602. The van der Waals surface area contributed by atoms with Crippen LogP contribution in [0.25, 0.3) is 0 Å². The molecule has 1 heterocycles. The van der Waals surface area contributed by atoms with Gasteiger partial charge >= 0.3 is 0 Å². The van der Waals surface area contributed by atoms with Crippen molar-refractivity contribution in [3.63, 3.8) is 0 Å². The van der Waals surface area contributed by atoms with E-state index in [0.29, 0.717) is 18.7 Å². The van der Waals surface area contributed by atoms with Gasteiger partial charge in [0.1, 0.15) is 5.82 Å². The first-order chi connectivity index (χ1) is 10.6. The molecule has 2 amide bonds. The van der Waals surface area contributed by atoms with E-state index in [1.807, 2.05) is 0 Å². The molecule has 1 aliphatic heterocycles. The van der Waals surface area contributed by atoms with Gasteiger partial charge in [-0.25, -0.2) is 4.39 Å². The third-order valence-electron chi connectivity index (χ3n) is 3.99. The fourth-order valence-electron chi connectivity index (χ4n) is 2.64. The normalized spacial score (nSPS) is 16.3. The van der Waals surface area contributed by atoms with Crippen LogP contribution in [-0.4, -0.2) is 43.4 Å². The van der Waals surface area contributed by atoms with Gasteiger partial charge in [-0.15, -0.1) is 0 Å². The minimum absolute atomic E-state index is 0.0833. The second kappa shape index (κ2) is 7.89. The Labute approximate surface area is 129 Å². The van der Waals surface area contributed by atoms with Gasteiger partial charge in [-0.2, -0.15) is 0 Å². The summed E-state index contributed by atoms with van der Waals surface area (Å²) in [5.74, 6) is -0.208. The van der Waals surface area contributed by atoms with E-state index < -0.39 is 0 Å². The molecular formula is C16H22FN3O2. The zero-order valence-electron chi connectivity index (χ0n) is 12.8. The number of nitrogens with zero attached hydrogens (tertiary/aromatic N) is 1. The predicted molar refractivity (Wildman–Crippen MR) is 82.9 cm³/mol. The number of piperidine rings is 1. The highest BCUT2D eigenvalue weighted by Crippen LogP contribution is 2.17. The van der Waals surface area contributed by atoms with Crippen molar-refractivity contribution in [1.82, 2.24) is 10.2 Å². The molecule has 1 aromatic rings. The van der Waals surface area contributed by atoms with Crippen LogP contribution in [0, 0.1) is 11.7 Å². The van der Waals surface area contributed by atoms with Crippen LogP contribution in [-0.2, 0) is 9.59 Å². The van der Waals surface area contributed by atoms with Crippen molar-refractivity contribution >= 4 is 17.5 Å². The average molecular weight is 307 g/mol. The molecule has 6 heteroatoms. The number of nitrogens with one attached hydrogen (secondary N) is 2. The molecule has 0 aromatic heterocycles. The maximum atomic E-state index is 12.8. The van der Waals surface area contributed by atoms with E-state index in [1.165, 1.54) is 12.1 Å². The molecule has 1 fully saturated rings. The molecule has 2 rings (SSSR count). The molecule has 5 nitrogen and oxygen atoms in total. The minimum atomic E-state index is -0.322. The van der Waals surface area contributed by atoms with E-state index in [-0.39, 0.29) is 23.5 Å². The van der Waals surface area contributed by atoms with Crippen molar-refractivity contribution < 1.29 is 14.0 Å². The fourth-order valence-corrected chi connectivity index (χ4v) is 2.64. The van der Waals surface area contributed by atoms with Gasteiger partial charge in [0.05, 0.1) is 0 Å². The lowest BCUT2D eigenvalue weighted by atomic mass is 9.96. The summed E-state index contributed by atoms with van der Waals surface area (Å²) in [6.07, 6.45) is 2.06. The van der Waals surface area contributed by atoms with Crippen LogP contribution in [0.4, 0.5) is 10.1 Å². The van der Waals surface area contributed by atoms with Crippen LogP contribution < -0.4 is 10.6 Å². The summed E-state index contributed by atoms with van der Waals surface area (Å²) in [5, 5.41) is 5.43. The lowest BCUT2D eigenvalue weighted by Crippen LogP contribution is -2.40. The number of hydrogen-bond donors (Lipinski definition) is 2. The molecule has 120 valence electrons. The molecule has 0 radical (unpaired) electrons. The van der Waals surface area contributed by atoms with Crippen molar-refractivity contribution in [1.29, 1.82) is 0 Å². The Morgan fingerprint density at radius 2 is 1.86 bits per heavy atom. The Morgan fingerprint density at radius 3 is 2.45 bits per heavy atom. The largest absolute Gasteiger partial charge is 0.359 e. The molecule has 1 saturated heterocycles. The highest BCUT2D eigenvalue weighted by Gasteiger charge is 2.24. The first kappa shape index (κ1) is 16.4. The van der Waals surface area contributed by atoms with Crippen LogP contribution in [0.1, 0.15) is 19.3 Å². The van der Waals surface area contributed by atoms with Crippen LogP contribution in [0.3, 0.4) is 0 Å². The first-order valence-electron chi connectivity index (χ1n) is 7.58. The van der Waals surface area contributed by atoms with Gasteiger partial charge in [0, 0.05) is 31.6 Å². The van der Waals surface area contributed by atoms with Gasteiger partial charge in [-0.05, 0) is 50.2 Å². The Hall–Kier alpha value is -1.95. The molecule has 0 bridgehead atoms. The van der Waals surface area contributed by atoms with Gasteiger partial charge in [0.15, 0.2) is 0 Å². The van der Waals surface area contributed by atoms with Gasteiger partial charge in [-0.1, -0.05) is 0 Å². The van der Waals surface area contributed by atoms with Crippen LogP contribution in [0.15, 0.2) is 24.3 Å². The number of carbonyl (C=O) groups is 2. The smallest absolute Gasteiger partial charge is 0.225 e. The first-order valence-corrected chi connectivity index (χ1v) is 7.58. The summed E-state index contributed by atoms with van der Waals surface area (Å²) < 4.78 is 12.8. The molecule has 1 aromatic carbocycles. The predicted octanol–water partition coefficient (Wildman–Crippen LogP) is 1.61. The van der Waals surface area contributed by atoms with E-state index in [1.54, 1.807) is 19.2 Å². The fraction of sp³-hybridized carbons (Fsp3) is 0.500. The number of anilines is 1. The standard InChI is InChI=1S/C16H22FN3O2/c1-18-16(22)12-6-9-20(10-7-12)11-8-15(21)19-14-4-2-13(17)3-5-14/h2-5,12H,6-11H2,1H3,(H,18,22)(H,19,21). The Bertz CT molecular complexity index is 511. The van der Waals surface area contributed by atoms with E-state index in [0.717, 1.165) is 25.9 Å². The zero-order valence-corrected chi connectivity index (χ0v) is 12.8. The Morgan fingerprint density at radius 1 is 1.23 bits per heavy atom. The van der Waals surface area contributed by atoms with E-state index in [9.17, 15) is 14.0 Å². The number of benzene rings is 1. The topological polar surface area (TPSA) is 61.4 Å². The zero-order chi connectivity index (χ0) is 15.9. The van der Waals surface area contributed by atoms with Crippen molar-refractivity contribution in [3.8, 4) is 0 Å². The highest BCUT2D eigenvalue weighted by molar-refractivity contribution is 5.90. The molecule has 0 aliphatic carbocycles. The maximum absolute atomic E-state index is 12.8. The van der Waals surface area contributed by atoms with Crippen LogP contribution in [0.2, 0.25) is 0 Å². The number of halogens is 1.